The average molecular weight is 418 g/mol. The molecule has 1 aliphatic rings. The van der Waals surface area contributed by atoms with Gasteiger partial charge in [-0.05, 0) is 60.4 Å². The van der Waals surface area contributed by atoms with Crippen LogP contribution in [0.1, 0.15) is 36.1 Å². The number of hydrogen-bond acceptors (Lipinski definition) is 4. The summed E-state index contributed by atoms with van der Waals surface area (Å²) in [6.45, 7) is 0. The van der Waals surface area contributed by atoms with Gasteiger partial charge in [-0.15, -0.1) is 0 Å². The summed E-state index contributed by atoms with van der Waals surface area (Å²) in [5.41, 5.74) is 2.77. The SMILES string of the molecule is COc1ccc(C2[C@H](CCC(O)c3ccccc3)C(=O)N2c2ccc(OC)cc2)cc1. The summed E-state index contributed by atoms with van der Waals surface area (Å²) in [4.78, 5) is 15.0. The number of hydrogen-bond donors (Lipinski definition) is 1. The van der Waals surface area contributed by atoms with Crippen molar-refractivity contribution in [1.82, 2.24) is 0 Å². The largest absolute Gasteiger partial charge is 0.497 e. The van der Waals surface area contributed by atoms with E-state index < -0.39 is 6.10 Å². The maximum absolute atomic E-state index is 13.2. The number of benzene rings is 3. The van der Waals surface area contributed by atoms with Crippen molar-refractivity contribution in [3.8, 4) is 11.5 Å². The van der Waals surface area contributed by atoms with Crippen molar-refractivity contribution in [3.63, 3.8) is 0 Å². The number of amides is 1. The number of aliphatic hydroxyl groups excluding tert-OH is 1. The van der Waals surface area contributed by atoms with E-state index in [1.165, 1.54) is 0 Å². The van der Waals surface area contributed by atoms with Crippen LogP contribution < -0.4 is 14.4 Å². The van der Waals surface area contributed by atoms with Crippen molar-refractivity contribution < 1.29 is 19.4 Å². The summed E-state index contributed by atoms with van der Waals surface area (Å²) >= 11 is 0. The summed E-state index contributed by atoms with van der Waals surface area (Å²) in [5, 5.41) is 10.6. The number of nitrogens with zero attached hydrogens (tertiary/aromatic N) is 1. The molecule has 1 N–H and O–H groups in total. The van der Waals surface area contributed by atoms with Crippen molar-refractivity contribution in [3.05, 3.63) is 90.0 Å². The number of rotatable bonds is 8. The molecule has 0 saturated carbocycles. The second-order valence-corrected chi connectivity index (χ2v) is 7.73. The Morgan fingerprint density at radius 2 is 1.45 bits per heavy atom. The fourth-order valence-corrected chi connectivity index (χ4v) is 4.22. The van der Waals surface area contributed by atoms with Gasteiger partial charge in [0.1, 0.15) is 11.5 Å². The van der Waals surface area contributed by atoms with Crippen LogP contribution >= 0.6 is 0 Å². The predicted molar refractivity (Wildman–Crippen MR) is 120 cm³/mol. The van der Waals surface area contributed by atoms with Gasteiger partial charge in [-0.25, -0.2) is 0 Å². The molecule has 0 radical (unpaired) electrons. The van der Waals surface area contributed by atoms with Crippen LogP contribution in [0.15, 0.2) is 78.9 Å². The van der Waals surface area contributed by atoms with Crippen molar-refractivity contribution in [2.75, 3.05) is 19.1 Å². The number of anilines is 1. The Hall–Kier alpha value is -3.31. The number of β-lactam (4-membered cyclic amide) rings is 1. The highest BCUT2D eigenvalue weighted by molar-refractivity contribution is 6.03. The molecule has 0 aromatic heterocycles. The molecule has 5 nitrogen and oxygen atoms in total. The normalized spacial score (nSPS) is 18.9. The van der Waals surface area contributed by atoms with Crippen LogP contribution in [0.25, 0.3) is 0 Å². The molecule has 4 rings (SSSR count). The summed E-state index contributed by atoms with van der Waals surface area (Å²) in [6, 6.07) is 24.9. The van der Waals surface area contributed by atoms with E-state index in [-0.39, 0.29) is 17.9 Å². The molecule has 31 heavy (non-hydrogen) atoms. The first-order valence-corrected chi connectivity index (χ1v) is 10.5. The van der Waals surface area contributed by atoms with Crippen LogP contribution in [0, 0.1) is 5.92 Å². The van der Waals surface area contributed by atoms with Crippen molar-refractivity contribution in [1.29, 1.82) is 0 Å². The van der Waals surface area contributed by atoms with Crippen LogP contribution in [0.3, 0.4) is 0 Å². The van der Waals surface area contributed by atoms with Gasteiger partial charge in [0.2, 0.25) is 5.91 Å². The standard InChI is InChI=1S/C26H27NO4/c1-30-21-12-8-19(9-13-21)25-23(16-17-24(28)18-6-4-3-5-7-18)26(29)27(25)20-10-14-22(31-2)15-11-20/h3-15,23-25,28H,16-17H2,1-2H3/t23-,24?,25?/m0/s1. The third kappa shape index (κ3) is 4.28. The Morgan fingerprint density at radius 1 is 0.871 bits per heavy atom. The van der Waals surface area contributed by atoms with E-state index in [4.69, 9.17) is 9.47 Å². The fraction of sp³-hybridized carbons (Fsp3) is 0.269. The Balaban J connectivity index is 1.56. The zero-order chi connectivity index (χ0) is 21.8. The lowest BCUT2D eigenvalue weighted by molar-refractivity contribution is -0.131. The van der Waals surface area contributed by atoms with E-state index in [9.17, 15) is 9.90 Å². The number of ether oxygens (including phenoxy) is 2. The van der Waals surface area contributed by atoms with Crippen LogP contribution in [-0.2, 0) is 4.79 Å². The third-order valence-electron chi connectivity index (χ3n) is 5.96. The van der Waals surface area contributed by atoms with Crippen LogP contribution in [-0.4, -0.2) is 25.2 Å². The lowest BCUT2D eigenvalue weighted by Crippen LogP contribution is -2.55. The summed E-state index contributed by atoms with van der Waals surface area (Å²) in [6.07, 6.45) is 0.558. The Bertz CT molecular complexity index is 1000. The van der Waals surface area contributed by atoms with Gasteiger partial charge < -0.3 is 19.5 Å². The van der Waals surface area contributed by atoms with Crippen LogP contribution in [0.2, 0.25) is 0 Å². The average Bonchev–Trinajstić information content (AvgIpc) is 2.83. The Labute approximate surface area is 182 Å². The molecule has 3 atom stereocenters. The lowest BCUT2D eigenvalue weighted by Gasteiger charge is -2.48. The monoisotopic (exact) mass is 417 g/mol. The number of aliphatic hydroxyl groups is 1. The Morgan fingerprint density at radius 3 is 2.03 bits per heavy atom. The van der Waals surface area contributed by atoms with E-state index in [1.807, 2.05) is 83.8 Å². The van der Waals surface area contributed by atoms with Gasteiger partial charge in [-0.3, -0.25) is 4.79 Å². The zero-order valence-electron chi connectivity index (χ0n) is 17.8. The zero-order valence-corrected chi connectivity index (χ0v) is 17.8. The fourth-order valence-electron chi connectivity index (χ4n) is 4.22. The minimum Gasteiger partial charge on any atom is -0.497 e. The highest BCUT2D eigenvalue weighted by atomic mass is 16.5. The molecule has 0 aliphatic carbocycles. The molecule has 160 valence electrons. The van der Waals surface area contributed by atoms with E-state index in [0.717, 1.165) is 28.3 Å². The van der Waals surface area contributed by atoms with Gasteiger partial charge in [-0.2, -0.15) is 0 Å². The van der Waals surface area contributed by atoms with Gasteiger partial charge in [0.05, 0.1) is 32.3 Å². The highest BCUT2D eigenvalue weighted by Crippen LogP contribution is 2.46. The molecule has 1 amide bonds. The van der Waals surface area contributed by atoms with Gasteiger partial charge in [0.25, 0.3) is 0 Å². The molecule has 0 spiro atoms. The third-order valence-corrected chi connectivity index (χ3v) is 5.96. The molecular weight excluding hydrogens is 390 g/mol. The van der Waals surface area contributed by atoms with Crippen molar-refractivity contribution in [2.45, 2.75) is 25.0 Å². The van der Waals surface area contributed by atoms with Gasteiger partial charge in [0, 0.05) is 5.69 Å². The second-order valence-electron chi connectivity index (χ2n) is 7.73. The second kappa shape index (κ2) is 9.23. The van der Waals surface area contributed by atoms with Crippen molar-refractivity contribution in [2.24, 2.45) is 5.92 Å². The van der Waals surface area contributed by atoms with Gasteiger partial charge in [0.15, 0.2) is 0 Å². The van der Waals surface area contributed by atoms with Gasteiger partial charge in [-0.1, -0.05) is 42.5 Å². The first-order chi connectivity index (χ1) is 15.1. The van der Waals surface area contributed by atoms with Crippen molar-refractivity contribution >= 4 is 11.6 Å². The maximum atomic E-state index is 13.2. The molecule has 3 aromatic carbocycles. The molecule has 1 fully saturated rings. The molecule has 1 saturated heterocycles. The number of carbonyl (C=O) groups is 1. The van der Waals surface area contributed by atoms with Crippen LogP contribution in [0.5, 0.6) is 11.5 Å². The molecule has 1 aliphatic heterocycles. The molecule has 0 bridgehead atoms. The molecule has 1 heterocycles. The van der Waals surface area contributed by atoms with E-state index in [0.29, 0.717) is 12.8 Å². The first-order valence-electron chi connectivity index (χ1n) is 10.5. The quantitative estimate of drug-likeness (QED) is 0.529. The highest BCUT2D eigenvalue weighted by Gasteiger charge is 2.48. The van der Waals surface area contributed by atoms with Gasteiger partial charge >= 0.3 is 0 Å². The first kappa shape index (κ1) is 20.9. The Kier molecular flexibility index (Phi) is 6.23. The molecule has 2 unspecified atom stereocenters. The number of methoxy groups -OCH3 is 2. The lowest BCUT2D eigenvalue weighted by atomic mass is 9.78. The number of carbonyl (C=O) groups excluding carboxylic acids is 1. The summed E-state index contributed by atoms with van der Waals surface area (Å²) < 4.78 is 10.5. The minimum absolute atomic E-state index is 0.0752. The topological polar surface area (TPSA) is 59.0 Å². The molecule has 5 heteroatoms. The molecule has 3 aromatic rings. The van der Waals surface area contributed by atoms with Crippen LogP contribution in [0.4, 0.5) is 5.69 Å². The minimum atomic E-state index is -0.583. The molecular formula is C26H27NO4. The maximum Gasteiger partial charge on any atom is 0.233 e. The van der Waals surface area contributed by atoms with E-state index in [2.05, 4.69) is 0 Å². The van der Waals surface area contributed by atoms with E-state index in [1.54, 1.807) is 14.2 Å². The summed E-state index contributed by atoms with van der Waals surface area (Å²) in [5.74, 6) is 1.42. The van der Waals surface area contributed by atoms with E-state index >= 15 is 0 Å². The summed E-state index contributed by atoms with van der Waals surface area (Å²) in [7, 11) is 3.26. The predicted octanol–water partition coefficient (Wildman–Crippen LogP) is 4.92. The smallest absolute Gasteiger partial charge is 0.233 e.